The average molecular weight is 363 g/mol. The first-order chi connectivity index (χ1) is 9.42. The first-order valence-corrected chi connectivity index (χ1v) is 7.33. The third-order valence-corrected chi connectivity index (χ3v) is 4.84. The van der Waals surface area contributed by atoms with Gasteiger partial charge in [0.05, 0.1) is 15.2 Å². The van der Waals surface area contributed by atoms with Gasteiger partial charge in [-0.15, -0.1) is 0 Å². The van der Waals surface area contributed by atoms with Gasteiger partial charge in [-0.1, -0.05) is 36.7 Å². The summed E-state index contributed by atoms with van der Waals surface area (Å²) in [6.45, 7) is 3.63. The quantitative estimate of drug-likeness (QED) is 0.324. The SMILES string of the molecule is CCC(CC)(C(=O)Nc1cccc(Cl)c1Br)/C(N)=N/O. The lowest BCUT2D eigenvalue weighted by molar-refractivity contribution is -0.122. The molecule has 0 fully saturated rings. The highest BCUT2D eigenvalue weighted by Crippen LogP contribution is 2.33. The Balaban J connectivity index is 3.13. The van der Waals surface area contributed by atoms with Gasteiger partial charge in [-0.3, -0.25) is 4.79 Å². The summed E-state index contributed by atoms with van der Waals surface area (Å²) in [6, 6.07) is 5.15. The zero-order chi connectivity index (χ0) is 15.3. The Hall–Kier alpha value is -1.27. The second-order valence-corrected chi connectivity index (χ2v) is 5.53. The van der Waals surface area contributed by atoms with Crippen LogP contribution in [0.15, 0.2) is 27.8 Å². The molecule has 1 amide bonds. The number of hydrogen-bond donors (Lipinski definition) is 3. The summed E-state index contributed by atoms with van der Waals surface area (Å²) < 4.78 is 0.593. The molecule has 0 spiro atoms. The van der Waals surface area contributed by atoms with E-state index in [4.69, 9.17) is 22.5 Å². The lowest BCUT2D eigenvalue weighted by atomic mass is 9.80. The molecule has 0 aliphatic carbocycles. The van der Waals surface area contributed by atoms with Gasteiger partial charge < -0.3 is 16.3 Å². The van der Waals surface area contributed by atoms with Crippen LogP contribution in [0.4, 0.5) is 5.69 Å². The highest BCUT2D eigenvalue weighted by Gasteiger charge is 2.40. The van der Waals surface area contributed by atoms with Crippen molar-refractivity contribution in [1.29, 1.82) is 0 Å². The van der Waals surface area contributed by atoms with Crippen molar-refractivity contribution in [3.8, 4) is 0 Å². The number of hydrogen-bond acceptors (Lipinski definition) is 3. The van der Waals surface area contributed by atoms with E-state index in [-0.39, 0.29) is 11.7 Å². The number of carbonyl (C=O) groups excluding carboxylic acids is 1. The van der Waals surface area contributed by atoms with Crippen LogP contribution in [0.2, 0.25) is 5.02 Å². The zero-order valence-electron chi connectivity index (χ0n) is 11.3. The molecule has 0 unspecified atom stereocenters. The van der Waals surface area contributed by atoms with E-state index in [1.807, 2.05) is 13.8 Å². The number of halogens is 2. The number of benzene rings is 1. The maximum atomic E-state index is 12.5. The van der Waals surface area contributed by atoms with Crippen molar-refractivity contribution in [3.05, 3.63) is 27.7 Å². The topological polar surface area (TPSA) is 87.7 Å². The molecule has 7 heteroatoms. The first-order valence-electron chi connectivity index (χ1n) is 6.16. The Bertz CT molecular complexity index is 530. The molecule has 0 atom stereocenters. The number of amidine groups is 1. The van der Waals surface area contributed by atoms with Gasteiger partial charge >= 0.3 is 0 Å². The minimum absolute atomic E-state index is 0.0989. The van der Waals surface area contributed by atoms with Gasteiger partial charge in [-0.2, -0.15) is 0 Å². The number of oxime groups is 1. The van der Waals surface area contributed by atoms with E-state index in [1.165, 1.54) is 0 Å². The van der Waals surface area contributed by atoms with Crippen molar-refractivity contribution in [1.82, 2.24) is 0 Å². The van der Waals surface area contributed by atoms with E-state index in [1.54, 1.807) is 18.2 Å². The predicted molar refractivity (Wildman–Crippen MR) is 84.2 cm³/mol. The Labute approximate surface area is 131 Å². The molecule has 0 aromatic heterocycles. The molecule has 0 radical (unpaired) electrons. The molecule has 0 aliphatic rings. The van der Waals surface area contributed by atoms with E-state index in [2.05, 4.69) is 26.4 Å². The Morgan fingerprint density at radius 2 is 2.10 bits per heavy atom. The molecule has 1 aromatic rings. The van der Waals surface area contributed by atoms with Gasteiger partial charge in [0, 0.05) is 0 Å². The Morgan fingerprint density at radius 3 is 2.60 bits per heavy atom. The normalized spacial score (nSPS) is 12.3. The molecule has 0 saturated carbocycles. The van der Waals surface area contributed by atoms with Crippen LogP contribution >= 0.6 is 27.5 Å². The van der Waals surface area contributed by atoms with Crippen LogP contribution in [0.5, 0.6) is 0 Å². The van der Waals surface area contributed by atoms with Gasteiger partial charge in [0.1, 0.15) is 5.41 Å². The molecule has 1 aromatic carbocycles. The van der Waals surface area contributed by atoms with Crippen LogP contribution in [0.25, 0.3) is 0 Å². The van der Waals surface area contributed by atoms with E-state index < -0.39 is 5.41 Å². The van der Waals surface area contributed by atoms with Crippen molar-refractivity contribution in [2.75, 3.05) is 5.32 Å². The molecular weight excluding hydrogens is 346 g/mol. The molecule has 110 valence electrons. The van der Waals surface area contributed by atoms with Crippen LogP contribution in [-0.4, -0.2) is 17.0 Å². The van der Waals surface area contributed by atoms with Crippen molar-refractivity contribution in [2.24, 2.45) is 16.3 Å². The largest absolute Gasteiger partial charge is 0.409 e. The predicted octanol–water partition coefficient (Wildman–Crippen LogP) is 3.59. The lowest BCUT2D eigenvalue weighted by Crippen LogP contribution is -2.46. The van der Waals surface area contributed by atoms with E-state index in [0.29, 0.717) is 28.0 Å². The van der Waals surface area contributed by atoms with Gasteiger partial charge in [0.25, 0.3) is 0 Å². The minimum atomic E-state index is -1.05. The smallest absolute Gasteiger partial charge is 0.238 e. The Morgan fingerprint density at radius 1 is 1.50 bits per heavy atom. The highest BCUT2D eigenvalue weighted by atomic mass is 79.9. The molecule has 0 aliphatic heterocycles. The average Bonchev–Trinajstić information content (AvgIpc) is 2.45. The Kier molecular flexibility index (Phi) is 5.83. The van der Waals surface area contributed by atoms with Crippen molar-refractivity contribution in [3.63, 3.8) is 0 Å². The summed E-state index contributed by atoms with van der Waals surface area (Å²) in [5.41, 5.74) is 5.19. The highest BCUT2D eigenvalue weighted by molar-refractivity contribution is 9.10. The summed E-state index contributed by atoms with van der Waals surface area (Å²) >= 11 is 9.30. The number of carbonyl (C=O) groups is 1. The van der Waals surface area contributed by atoms with Gasteiger partial charge in [0.2, 0.25) is 5.91 Å². The van der Waals surface area contributed by atoms with E-state index in [0.717, 1.165) is 0 Å². The van der Waals surface area contributed by atoms with Crippen LogP contribution in [0, 0.1) is 5.41 Å². The van der Waals surface area contributed by atoms with Gasteiger partial charge in [-0.25, -0.2) is 0 Å². The van der Waals surface area contributed by atoms with Crippen molar-refractivity contribution >= 4 is 45.0 Å². The fourth-order valence-corrected chi connectivity index (χ4v) is 2.53. The van der Waals surface area contributed by atoms with Gasteiger partial charge in [0.15, 0.2) is 5.84 Å². The van der Waals surface area contributed by atoms with Crippen molar-refractivity contribution < 1.29 is 10.0 Å². The summed E-state index contributed by atoms with van der Waals surface area (Å²) in [6.07, 6.45) is 0.840. The second kappa shape index (κ2) is 6.95. The number of nitrogens with two attached hydrogens (primary N) is 1. The third kappa shape index (κ3) is 3.07. The molecule has 5 nitrogen and oxygen atoms in total. The van der Waals surface area contributed by atoms with Crippen LogP contribution in [-0.2, 0) is 4.79 Å². The number of nitrogens with one attached hydrogen (secondary N) is 1. The summed E-state index contributed by atoms with van der Waals surface area (Å²) in [5, 5.41) is 15.2. The number of amides is 1. The monoisotopic (exact) mass is 361 g/mol. The molecule has 0 bridgehead atoms. The molecular formula is C13H17BrClN3O2. The van der Waals surface area contributed by atoms with Crippen LogP contribution in [0.3, 0.4) is 0 Å². The van der Waals surface area contributed by atoms with E-state index in [9.17, 15) is 4.79 Å². The summed E-state index contributed by atoms with van der Waals surface area (Å²) in [5.74, 6) is -0.432. The molecule has 0 saturated heterocycles. The summed E-state index contributed by atoms with van der Waals surface area (Å²) in [7, 11) is 0. The molecule has 4 N–H and O–H groups in total. The fourth-order valence-electron chi connectivity index (χ4n) is 1.99. The maximum Gasteiger partial charge on any atom is 0.238 e. The first kappa shape index (κ1) is 16.8. The standard InChI is InChI=1S/C13H17BrClN3O2/c1-3-13(4-2,11(16)18-20)12(19)17-9-7-5-6-8(15)10(9)14/h5-7,20H,3-4H2,1-2H3,(H2,16,18)(H,17,19). The fraction of sp³-hybridized carbons (Fsp3) is 0.385. The minimum Gasteiger partial charge on any atom is -0.409 e. The number of anilines is 1. The van der Waals surface area contributed by atoms with Crippen LogP contribution < -0.4 is 11.1 Å². The number of rotatable bonds is 5. The molecule has 1 rings (SSSR count). The second-order valence-electron chi connectivity index (χ2n) is 4.33. The lowest BCUT2D eigenvalue weighted by Gasteiger charge is -2.28. The molecule has 20 heavy (non-hydrogen) atoms. The zero-order valence-corrected chi connectivity index (χ0v) is 13.6. The third-order valence-electron chi connectivity index (χ3n) is 3.44. The van der Waals surface area contributed by atoms with Crippen LogP contribution in [0.1, 0.15) is 26.7 Å². The van der Waals surface area contributed by atoms with Crippen molar-refractivity contribution in [2.45, 2.75) is 26.7 Å². The molecule has 0 heterocycles. The van der Waals surface area contributed by atoms with Gasteiger partial charge in [-0.05, 0) is 40.9 Å². The maximum absolute atomic E-state index is 12.5. The van der Waals surface area contributed by atoms with E-state index >= 15 is 0 Å². The number of nitrogens with zero attached hydrogens (tertiary/aromatic N) is 1. The summed E-state index contributed by atoms with van der Waals surface area (Å²) in [4.78, 5) is 12.5.